The minimum atomic E-state index is -4.42. The molecule has 5 rings (SSSR count). The molecule has 3 atom stereocenters. The molecule has 0 aromatic heterocycles. The van der Waals surface area contributed by atoms with E-state index in [2.05, 4.69) is 10.9 Å². The minimum Gasteiger partial charge on any atom is -0.368 e. The predicted octanol–water partition coefficient (Wildman–Crippen LogP) is 4.16. The molecule has 0 bridgehead atoms. The van der Waals surface area contributed by atoms with Crippen molar-refractivity contribution in [3.8, 4) is 0 Å². The van der Waals surface area contributed by atoms with E-state index in [1.54, 1.807) is 28.0 Å². The first-order valence-electron chi connectivity index (χ1n) is 12.8. The van der Waals surface area contributed by atoms with Crippen molar-refractivity contribution in [2.45, 2.75) is 44.3 Å². The molecule has 37 heavy (non-hydrogen) atoms. The van der Waals surface area contributed by atoms with Gasteiger partial charge in [-0.2, -0.15) is 13.2 Å². The lowest BCUT2D eigenvalue weighted by Crippen LogP contribution is -2.60. The summed E-state index contributed by atoms with van der Waals surface area (Å²) in [4.78, 5) is 28.8. The smallest absolute Gasteiger partial charge is 0.368 e. The van der Waals surface area contributed by atoms with Gasteiger partial charge in [0.1, 0.15) is 5.82 Å². The van der Waals surface area contributed by atoms with Crippen LogP contribution in [0, 0.1) is 17.7 Å². The Morgan fingerprint density at radius 3 is 2.51 bits per heavy atom. The van der Waals surface area contributed by atoms with E-state index in [0.717, 1.165) is 43.4 Å². The number of nitrogens with one attached hydrogen (secondary N) is 2. The van der Waals surface area contributed by atoms with Gasteiger partial charge in [-0.15, -0.1) is 0 Å². The van der Waals surface area contributed by atoms with Gasteiger partial charge in [-0.25, -0.2) is 9.82 Å². The molecule has 2 aromatic carbocycles. The van der Waals surface area contributed by atoms with Gasteiger partial charge < -0.3 is 9.80 Å². The average molecular weight is 519 g/mol. The van der Waals surface area contributed by atoms with Crippen LogP contribution in [0.15, 0.2) is 42.5 Å². The summed E-state index contributed by atoms with van der Waals surface area (Å²) >= 11 is 0. The highest BCUT2D eigenvalue weighted by Gasteiger charge is 2.40. The number of halogens is 4. The molecule has 198 valence electrons. The molecule has 2 saturated heterocycles. The zero-order valence-electron chi connectivity index (χ0n) is 20.4. The van der Waals surface area contributed by atoms with Gasteiger partial charge in [0.25, 0.3) is 5.91 Å². The van der Waals surface area contributed by atoms with Crippen molar-refractivity contribution in [2.75, 3.05) is 31.1 Å². The van der Waals surface area contributed by atoms with Crippen molar-refractivity contribution in [3.05, 3.63) is 65.0 Å². The quantitative estimate of drug-likeness (QED) is 0.597. The van der Waals surface area contributed by atoms with Crippen molar-refractivity contribution in [2.24, 2.45) is 11.8 Å². The van der Waals surface area contributed by atoms with E-state index in [-0.39, 0.29) is 42.4 Å². The number of rotatable bonds is 4. The molecule has 3 unspecified atom stereocenters. The van der Waals surface area contributed by atoms with E-state index in [0.29, 0.717) is 25.2 Å². The van der Waals surface area contributed by atoms with Crippen LogP contribution in [0.2, 0.25) is 0 Å². The maximum atomic E-state index is 14.7. The Kier molecular flexibility index (Phi) is 7.11. The van der Waals surface area contributed by atoms with E-state index in [4.69, 9.17) is 0 Å². The maximum absolute atomic E-state index is 14.7. The second kappa shape index (κ2) is 10.3. The number of hydrogen-bond acceptors (Lipinski definition) is 4. The molecule has 6 nitrogen and oxygen atoms in total. The number of carbonyl (C=O) groups is 2. The zero-order valence-corrected chi connectivity index (χ0v) is 20.4. The summed E-state index contributed by atoms with van der Waals surface area (Å²) in [5.74, 6) is -0.816. The second-order valence-corrected chi connectivity index (χ2v) is 10.1. The molecule has 0 radical (unpaired) electrons. The summed E-state index contributed by atoms with van der Waals surface area (Å²) in [5.41, 5.74) is 6.42. The number of piperazine rings is 1. The van der Waals surface area contributed by atoms with E-state index < -0.39 is 23.5 Å². The number of amides is 2. The average Bonchev–Trinajstić information content (AvgIpc) is 2.91. The number of hydrogen-bond donors (Lipinski definition) is 2. The lowest BCUT2D eigenvalue weighted by Gasteiger charge is -2.41. The summed E-state index contributed by atoms with van der Waals surface area (Å²) in [6.07, 6.45) is 0.0787. The molecule has 2 aliphatic heterocycles. The van der Waals surface area contributed by atoms with Crippen LogP contribution in [0.5, 0.6) is 0 Å². The maximum Gasteiger partial charge on any atom is 0.416 e. The Morgan fingerprint density at radius 1 is 1.00 bits per heavy atom. The number of carbonyl (C=O) groups excluding carboxylic acids is 2. The zero-order chi connectivity index (χ0) is 26.2. The van der Waals surface area contributed by atoms with E-state index >= 15 is 0 Å². The summed E-state index contributed by atoms with van der Waals surface area (Å²) in [6.45, 7) is 1.25. The molecule has 0 spiro atoms. The van der Waals surface area contributed by atoms with Crippen molar-refractivity contribution in [1.82, 2.24) is 15.8 Å². The monoisotopic (exact) mass is 518 g/mol. The number of benzene rings is 2. The van der Waals surface area contributed by atoms with Crippen LogP contribution in [-0.2, 0) is 17.4 Å². The van der Waals surface area contributed by atoms with Crippen molar-refractivity contribution >= 4 is 17.5 Å². The van der Waals surface area contributed by atoms with Crippen molar-refractivity contribution in [1.29, 1.82) is 0 Å². The third-order valence-electron chi connectivity index (χ3n) is 7.88. The van der Waals surface area contributed by atoms with Gasteiger partial charge in [-0.1, -0.05) is 25.0 Å². The van der Waals surface area contributed by atoms with Gasteiger partial charge in [-0.05, 0) is 61.1 Å². The molecule has 1 aliphatic carbocycles. The van der Waals surface area contributed by atoms with E-state index in [1.165, 1.54) is 12.1 Å². The summed E-state index contributed by atoms with van der Waals surface area (Å²) in [7, 11) is 0. The van der Waals surface area contributed by atoms with Crippen LogP contribution in [0.25, 0.3) is 0 Å². The van der Waals surface area contributed by atoms with Crippen LogP contribution in [0.1, 0.15) is 47.2 Å². The highest BCUT2D eigenvalue weighted by atomic mass is 19.4. The number of hydrazine groups is 1. The normalized spacial score (nSPS) is 24.4. The van der Waals surface area contributed by atoms with E-state index in [1.807, 2.05) is 0 Å². The fourth-order valence-corrected chi connectivity index (χ4v) is 5.87. The molecule has 2 heterocycles. The van der Waals surface area contributed by atoms with Crippen LogP contribution in [0.3, 0.4) is 0 Å². The first kappa shape index (κ1) is 25.5. The second-order valence-electron chi connectivity index (χ2n) is 10.1. The van der Waals surface area contributed by atoms with Crippen LogP contribution >= 0.6 is 0 Å². The number of alkyl halides is 3. The Morgan fingerprint density at radius 2 is 1.76 bits per heavy atom. The highest BCUT2D eigenvalue weighted by Crippen LogP contribution is 2.36. The van der Waals surface area contributed by atoms with Crippen LogP contribution in [0.4, 0.5) is 23.2 Å². The Labute approximate surface area is 213 Å². The topological polar surface area (TPSA) is 64.7 Å². The fourth-order valence-electron chi connectivity index (χ4n) is 5.87. The molecule has 2 N–H and O–H groups in total. The SMILES string of the molecule is O=C1NNC(Cc2ccc(F)c(C(=O)N3CCN(c4cccc(C(F)(F)F)c4)CC3)c2)C2CCCCC12. The summed E-state index contributed by atoms with van der Waals surface area (Å²) in [6, 6.07) is 9.71. The van der Waals surface area contributed by atoms with Gasteiger partial charge in [0.2, 0.25) is 5.91 Å². The standard InChI is InChI=1S/C27H30F4N4O2/c28-23-9-8-17(15-24-20-6-1-2-7-21(20)25(36)33-32-24)14-22(23)26(37)35-12-10-34(11-13-35)19-5-3-4-18(16-19)27(29,30)31/h3-5,8-9,14,16,20-21,24,32H,1-2,6-7,10-13,15H2,(H,33,36). The molecular formula is C27H30F4N4O2. The molecule has 3 aliphatic rings. The Bertz CT molecular complexity index is 1160. The van der Waals surface area contributed by atoms with Gasteiger partial charge in [0.15, 0.2) is 0 Å². The largest absolute Gasteiger partial charge is 0.416 e. The molecular weight excluding hydrogens is 488 g/mol. The predicted molar refractivity (Wildman–Crippen MR) is 130 cm³/mol. The number of fused-ring (bicyclic) bond motifs is 1. The number of nitrogens with zero attached hydrogens (tertiary/aromatic N) is 2. The summed E-state index contributed by atoms with van der Waals surface area (Å²) < 4.78 is 54.0. The van der Waals surface area contributed by atoms with Crippen LogP contribution in [-0.4, -0.2) is 48.9 Å². The highest BCUT2D eigenvalue weighted by molar-refractivity contribution is 5.95. The fraction of sp³-hybridized carbons (Fsp3) is 0.481. The van der Waals surface area contributed by atoms with Gasteiger partial charge >= 0.3 is 6.18 Å². The van der Waals surface area contributed by atoms with Gasteiger partial charge in [-0.3, -0.25) is 15.0 Å². The Balaban J connectivity index is 1.24. The molecule has 3 fully saturated rings. The molecule has 2 aromatic rings. The van der Waals surface area contributed by atoms with Crippen LogP contribution < -0.4 is 15.8 Å². The van der Waals surface area contributed by atoms with Crippen molar-refractivity contribution in [3.63, 3.8) is 0 Å². The van der Waals surface area contributed by atoms with Crippen molar-refractivity contribution < 1.29 is 27.2 Å². The summed E-state index contributed by atoms with van der Waals surface area (Å²) in [5, 5.41) is 0. The lowest BCUT2D eigenvalue weighted by atomic mass is 9.72. The minimum absolute atomic E-state index is 0.00687. The Hall–Kier alpha value is -3.14. The lowest BCUT2D eigenvalue weighted by molar-refractivity contribution is -0.137. The number of anilines is 1. The van der Waals surface area contributed by atoms with Gasteiger partial charge in [0, 0.05) is 43.8 Å². The molecule has 2 amide bonds. The molecule has 10 heteroatoms. The first-order chi connectivity index (χ1) is 17.7. The van der Waals surface area contributed by atoms with E-state index in [9.17, 15) is 27.2 Å². The van der Waals surface area contributed by atoms with Gasteiger partial charge in [0.05, 0.1) is 11.1 Å². The molecule has 1 saturated carbocycles. The third-order valence-corrected chi connectivity index (χ3v) is 7.88. The third kappa shape index (κ3) is 5.44. The first-order valence-corrected chi connectivity index (χ1v) is 12.8.